The van der Waals surface area contributed by atoms with Crippen LogP contribution in [0.5, 0.6) is 0 Å². The van der Waals surface area contributed by atoms with Gasteiger partial charge in [0.1, 0.15) is 11.9 Å². The van der Waals surface area contributed by atoms with E-state index in [2.05, 4.69) is 9.62 Å². The molecule has 5 nitrogen and oxygen atoms in total. The number of hydrogen-bond acceptors (Lipinski definition) is 4. The minimum absolute atomic E-state index is 0.0202. The smallest absolute Gasteiger partial charge is 0.240 e. The van der Waals surface area contributed by atoms with Gasteiger partial charge in [0.05, 0.1) is 15.5 Å². The average molecular weight is 394 g/mol. The molecule has 0 bridgehead atoms. The number of nitrogens with one attached hydrogen (secondary N) is 1. The van der Waals surface area contributed by atoms with Crippen LogP contribution >= 0.6 is 11.6 Å². The Morgan fingerprint density at radius 1 is 1.27 bits per heavy atom. The minimum atomic E-state index is -3.71. The summed E-state index contributed by atoms with van der Waals surface area (Å²) in [7, 11) is -3.71. The van der Waals surface area contributed by atoms with Crippen LogP contribution in [0.2, 0.25) is 5.02 Å². The molecular weight excluding hydrogens is 377 g/mol. The van der Waals surface area contributed by atoms with Crippen molar-refractivity contribution < 1.29 is 12.8 Å². The van der Waals surface area contributed by atoms with Gasteiger partial charge in [-0.15, -0.1) is 0 Å². The standard InChI is InChI=1S/C18H17ClFN3O2S/c19-18-6-5-17(9-14(18)10-21)26(24,25)22-11-13-7-8-23(12-13)16-3-1-15(20)2-4-16/h1-6,9,13,22H,7-8,11-12H2. The summed E-state index contributed by atoms with van der Waals surface area (Å²) in [5.74, 6) is -0.130. The van der Waals surface area contributed by atoms with Gasteiger partial charge in [0, 0.05) is 25.3 Å². The Bertz CT molecular complexity index is 942. The van der Waals surface area contributed by atoms with E-state index in [9.17, 15) is 12.8 Å². The van der Waals surface area contributed by atoms with Gasteiger partial charge in [0.2, 0.25) is 10.0 Å². The molecule has 8 heteroatoms. The zero-order chi connectivity index (χ0) is 18.7. The molecule has 2 aromatic carbocycles. The van der Waals surface area contributed by atoms with Crippen molar-refractivity contribution in [1.29, 1.82) is 5.26 Å². The predicted octanol–water partition coefficient (Wildman–Crippen LogP) is 3.16. The monoisotopic (exact) mass is 393 g/mol. The highest BCUT2D eigenvalue weighted by Gasteiger charge is 2.25. The van der Waals surface area contributed by atoms with Crippen molar-refractivity contribution in [1.82, 2.24) is 4.72 Å². The van der Waals surface area contributed by atoms with E-state index in [-0.39, 0.29) is 27.2 Å². The van der Waals surface area contributed by atoms with Crippen LogP contribution < -0.4 is 9.62 Å². The fraction of sp³-hybridized carbons (Fsp3) is 0.278. The molecule has 1 aliphatic rings. The van der Waals surface area contributed by atoms with Crippen LogP contribution in [0.4, 0.5) is 10.1 Å². The number of nitriles is 1. The van der Waals surface area contributed by atoms with Gasteiger partial charge in [-0.25, -0.2) is 17.5 Å². The molecule has 26 heavy (non-hydrogen) atoms. The SMILES string of the molecule is N#Cc1cc(S(=O)(=O)NCC2CCN(c3ccc(F)cc3)C2)ccc1Cl. The maximum absolute atomic E-state index is 13.0. The lowest BCUT2D eigenvalue weighted by Crippen LogP contribution is -2.31. The van der Waals surface area contributed by atoms with E-state index in [1.807, 2.05) is 6.07 Å². The largest absolute Gasteiger partial charge is 0.371 e. The number of benzene rings is 2. The van der Waals surface area contributed by atoms with Crippen LogP contribution in [-0.4, -0.2) is 28.1 Å². The molecular formula is C18H17ClFN3O2S. The molecule has 0 spiro atoms. The molecule has 1 heterocycles. The van der Waals surface area contributed by atoms with Crippen LogP contribution in [0.3, 0.4) is 0 Å². The molecule has 1 N–H and O–H groups in total. The molecule has 0 radical (unpaired) electrons. The molecule has 3 rings (SSSR count). The summed E-state index contributed by atoms with van der Waals surface area (Å²) in [4.78, 5) is 2.13. The summed E-state index contributed by atoms with van der Waals surface area (Å²) < 4.78 is 40.5. The molecule has 1 unspecified atom stereocenters. The Labute approximate surface area is 157 Å². The van der Waals surface area contributed by atoms with Gasteiger partial charge in [-0.1, -0.05) is 11.6 Å². The lowest BCUT2D eigenvalue weighted by Gasteiger charge is -2.19. The fourth-order valence-electron chi connectivity index (χ4n) is 2.95. The molecule has 0 aromatic heterocycles. The molecule has 0 saturated carbocycles. The number of halogens is 2. The van der Waals surface area contributed by atoms with Crippen molar-refractivity contribution in [3.8, 4) is 6.07 Å². The third-order valence-electron chi connectivity index (χ3n) is 4.41. The lowest BCUT2D eigenvalue weighted by molar-refractivity contribution is 0.541. The molecule has 136 valence electrons. The normalized spacial score (nSPS) is 17.3. The number of hydrogen-bond donors (Lipinski definition) is 1. The molecule has 1 saturated heterocycles. The molecule has 0 amide bonds. The zero-order valence-electron chi connectivity index (χ0n) is 13.8. The first-order chi connectivity index (χ1) is 12.4. The van der Waals surface area contributed by atoms with Gasteiger partial charge in [0.15, 0.2) is 0 Å². The maximum atomic E-state index is 13.0. The van der Waals surface area contributed by atoms with E-state index in [1.165, 1.54) is 30.3 Å². The quantitative estimate of drug-likeness (QED) is 0.846. The number of anilines is 1. The number of sulfonamides is 1. The molecule has 1 fully saturated rings. The van der Waals surface area contributed by atoms with Gasteiger partial charge < -0.3 is 4.90 Å². The predicted molar refractivity (Wildman–Crippen MR) is 98.1 cm³/mol. The highest BCUT2D eigenvalue weighted by molar-refractivity contribution is 7.89. The second-order valence-corrected chi connectivity index (χ2v) is 8.36. The highest BCUT2D eigenvalue weighted by Crippen LogP contribution is 2.24. The van der Waals surface area contributed by atoms with E-state index in [4.69, 9.17) is 16.9 Å². The summed E-state index contributed by atoms with van der Waals surface area (Å²) in [6, 6.07) is 12.2. The van der Waals surface area contributed by atoms with Gasteiger partial charge in [-0.3, -0.25) is 0 Å². The highest BCUT2D eigenvalue weighted by atomic mass is 35.5. The van der Waals surface area contributed by atoms with Crippen molar-refractivity contribution in [2.75, 3.05) is 24.5 Å². The third-order valence-corrected chi connectivity index (χ3v) is 6.16. The van der Waals surface area contributed by atoms with E-state index in [0.29, 0.717) is 13.1 Å². The van der Waals surface area contributed by atoms with Crippen molar-refractivity contribution in [3.63, 3.8) is 0 Å². The summed E-state index contributed by atoms with van der Waals surface area (Å²) in [6.07, 6.45) is 0.837. The Hall–Kier alpha value is -2.14. The molecule has 0 aliphatic carbocycles. The Morgan fingerprint density at radius 2 is 2.00 bits per heavy atom. The van der Waals surface area contributed by atoms with E-state index in [1.54, 1.807) is 12.1 Å². The van der Waals surface area contributed by atoms with Crippen LogP contribution in [-0.2, 0) is 10.0 Å². The summed E-state index contributed by atoms with van der Waals surface area (Å²) in [5.41, 5.74) is 1.05. The van der Waals surface area contributed by atoms with Crippen molar-refractivity contribution in [3.05, 3.63) is 58.9 Å². The minimum Gasteiger partial charge on any atom is -0.371 e. The molecule has 1 aliphatic heterocycles. The lowest BCUT2D eigenvalue weighted by atomic mass is 10.1. The van der Waals surface area contributed by atoms with E-state index in [0.717, 1.165) is 18.7 Å². The molecule has 1 atom stereocenters. The van der Waals surface area contributed by atoms with Gasteiger partial charge >= 0.3 is 0 Å². The van der Waals surface area contributed by atoms with Gasteiger partial charge in [0.25, 0.3) is 0 Å². The van der Waals surface area contributed by atoms with Crippen molar-refractivity contribution in [2.45, 2.75) is 11.3 Å². The van der Waals surface area contributed by atoms with Crippen LogP contribution in [0.15, 0.2) is 47.4 Å². The summed E-state index contributed by atoms with van der Waals surface area (Å²) in [5, 5.41) is 9.21. The van der Waals surface area contributed by atoms with Crippen molar-refractivity contribution in [2.24, 2.45) is 5.92 Å². The van der Waals surface area contributed by atoms with Gasteiger partial charge in [-0.05, 0) is 54.8 Å². The summed E-state index contributed by atoms with van der Waals surface area (Å²) >= 11 is 5.84. The number of nitrogens with zero attached hydrogens (tertiary/aromatic N) is 2. The van der Waals surface area contributed by atoms with Crippen LogP contribution in [0.25, 0.3) is 0 Å². The molecule has 2 aromatic rings. The maximum Gasteiger partial charge on any atom is 0.240 e. The van der Waals surface area contributed by atoms with Crippen molar-refractivity contribution >= 4 is 27.3 Å². The fourth-order valence-corrected chi connectivity index (χ4v) is 4.26. The van der Waals surface area contributed by atoms with Crippen LogP contribution in [0.1, 0.15) is 12.0 Å². The first kappa shape index (κ1) is 18.6. The second-order valence-electron chi connectivity index (χ2n) is 6.18. The van der Waals surface area contributed by atoms with E-state index >= 15 is 0 Å². The Balaban J connectivity index is 1.62. The topological polar surface area (TPSA) is 73.2 Å². The van der Waals surface area contributed by atoms with Gasteiger partial charge in [-0.2, -0.15) is 5.26 Å². The first-order valence-electron chi connectivity index (χ1n) is 8.09. The van der Waals surface area contributed by atoms with Crippen LogP contribution in [0, 0.1) is 23.1 Å². The number of rotatable bonds is 5. The first-order valence-corrected chi connectivity index (χ1v) is 9.95. The average Bonchev–Trinajstić information content (AvgIpc) is 3.10. The third kappa shape index (κ3) is 4.15. The zero-order valence-corrected chi connectivity index (χ0v) is 15.4. The Kier molecular flexibility index (Phi) is 5.47. The second kappa shape index (κ2) is 7.62. The Morgan fingerprint density at radius 3 is 2.69 bits per heavy atom. The summed E-state index contributed by atoms with van der Waals surface area (Å²) in [6.45, 7) is 1.78. The van der Waals surface area contributed by atoms with E-state index < -0.39 is 10.0 Å².